The largest absolute Gasteiger partial charge is 0.493 e. The molecule has 1 atom stereocenters. The summed E-state index contributed by atoms with van der Waals surface area (Å²) in [5, 5.41) is 17.5. The summed E-state index contributed by atoms with van der Waals surface area (Å²) in [5.41, 5.74) is 0. The first-order valence-corrected chi connectivity index (χ1v) is 7.95. The highest BCUT2D eigenvalue weighted by molar-refractivity contribution is 7.89. The average Bonchev–Trinajstić information content (AvgIpc) is 2.45. The van der Waals surface area contributed by atoms with Crippen LogP contribution in [0.4, 0.5) is 0 Å². The van der Waals surface area contributed by atoms with Crippen molar-refractivity contribution in [3.8, 4) is 5.75 Å². The Bertz CT molecular complexity index is 551. The Labute approximate surface area is 123 Å². The van der Waals surface area contributed by atoms with Gasteiger partial charge in [0, 0.05) is 6.04 Å². The summed E-state index contributed by atoms with van der Waals surface area (Å²) in [6.45, 7) is 1.51. The summed E-state index contributed by atoms with van der Waals surface area (Å²) in [4.78, 5) is 10.4. The number of sulfonamides is 1. The second-order valence-electron chi connectivity index (χ2n) is 4.37. The van der Waals surface area contributed by atoms with Crippen LogP contribution >= 0.6 is 0 Å². The van der Waals surface area contributed by atoms with Crippen LogP contribution in [-0.2, 0) is 14.8 Å². The van der Waals surface area contributed by atoms with E-state index in [0.717, 1.165) is 0 Å². The Kier molecular flexibility index (Phi) is 6.60. The standard InChI is InChI=1S/C13H19NO6S/c1-2-10(9-15)14-21(18,19)12-5-3-11(4-6-12)20-8-7-13(16)17/h3-6,10,14-15H,2,7-9H2,1H3,(H,16,17)/t10-/m0/s1. The van der Waals surface area contributed by atoms with Gasteiger partial charge in [-0.1, -0.05) is 6.92 Å². The SMILES string of the molecule is CC[C@@H](CO)NS(=O)(=O)c1ccc(OCCC(=O)O)cc1. The summed E-state index contributed by atoms with van der Waals surface area (Å²) >= 11 is 0. The van der Waals surface area contributed by atoms with Crippen LogP contribution in [0.25, 0.3) is 0 Å². The third-order valence-corrected chi connectivity index (χ3v) is 4.29. The van der Waals surface area contributed by atoms with Crippen LogP contribution in [0.15, 0.2) is 29.2 Å². The number of aliphatic hydroxyl groups is 1. The predicted molar refractivity (Wildman–Crippen MR) is 75.7 cm³/mol. The van der Waals surface area contributed by atoms with E-state index in [2.05, 4.69) is 4.72 Å². The molecule has 0 radical (unpaired) electrons. The van der Waals surface area contributed by atoms with Crippen LogP contribution in [0.2, 0.25) is 0 Å². The van der Waals surface area contributed by atoms with Crippen LogP contribution < -0.4 is 9.46 Å². The maximum atomic E-state index is 12.0. The molecule has 0 aromatic heterocycles. The van der Waals surface area contributed by atoms with Gasteiger partial charge in [0.1, 0.15) is 5.75 Å². The van der Waals surface area contributed by atoms with Crippen molar-refractivity contribution in [2.24, 2.45) is 0 Å². The van der Waals surface area contributed by atoms with Crippen LogP contribution in [0.1, 0.15) is 19.8 Å². The minimum atomic E-state index is -3.69. The van der Waals surface area contributed by atoms with E-state index in [4.69, 9.17) is 14.9 Å². The molecule has 0 bridgehead atoms. The molecule has 0 saturated heterocycles. The van der Waals surface area contributed by atoms with E-state index in [1.54, 1.807) is 6.92 Å². The molecule has 7 nitrogen and oxygen atoms in total. The van der Waals surface area contributed by atoms with Gasteiger partial charge in [-0.15, -0.1) is 0 Å². The summed E-state index contributed by atoms with van der Waals surface area (Å²) in [7, 11) is -3.69. The first kappa shape index (κ1) is 17.4. The maximum absolute atomic E-state index is 12.0. The molecular formula is C13H19NO6S. The third-order valence-electron chi connectivity index (χ3n) is 2.75. The van der Waals surface area contributed by atoms with Crippen molar-refractivity contribution < 1.29 is 28.2 Å². The normalized spacial score (nSPS) is 12.9. The predicted octanol–water partition coefficient (Wildman–Crippen LogP) is 0.589. The smallest absolute Gasteiger partial charge is 0.306 e. The first-order chi connectivity index (χ1) is 9.89. The fraction of sp³-hybridized carbons (Fsp3) is 0.462. The van der Waals surface area contributed by atoms with E-state index in [1.165, 1.54) is 24.3 Å². The summed E-state index contributed by atoms with van der Waals surface area (Å²) in [6, 6.07) is 5.11. The van der Waals surface area contributed by atoms with Gasteiger partial charge in [0.05, 0.1) is 24.5 Å². The molecule has 1 aromatic carbocycles. The number of aliphatic hydroxyl groups excluding tert-OH is 1. The molecule has 118 valence electrons. The van der Waals surface area contributed by atoms with Crippen LogP contribution in [0.3, 0.4) is 0 Å². The number of aliphatic carboxylic acids is 1. The summed E-state index contributed by atoms with van der Waals surface area (Å²) in [6.07, 6.45) is 0.350. The van der Waals surface area contributed by atoms with Crippen molar-refractivity contribution in [3.63, 3.8) is 0 Å². The highest BCUT2D eigenvalue weighted by Gasteiger charge is 2.18. The van der Waals surface area contributed by atoms with Crippen molar-refractivity contribution in [2.75, 3.05) is 13.2 Å². The van der Waals surface area contributed by atoms with Gasteiger partial charge in [-0.25, -0.2) is 13.1 Å². The average molecular weight is 317 g/mol. The quantitative estimate of drug-likeness (QED) is 0.614. The van der Waals surface area contributed by atoms with Crippen molar-refractivity contribution >= 4 is 16.0 Å². The second kappa shape index (κ2) is 7.96. The molecule has 0 aliphatic rings. The van der Waals surface area contributed by atoms with Gasteiger partial charge in [-0.2, -0.15) is 0 Å². The minimum absolute atomic E-state index is 0.0160. The van der Waals surface area contributed by atoms with E-state index in [1.807, 2.05) is 0 Å². The molecule has 0 saturated carbocycles. The lowest BCUT2D eigenvalue weighted by Crippen LogP contribution is -2.36. The Morgan fingerprint density at radius 1 is 1.33 bits per heavy atom. The van der Waals surface area contributed by atoms with Gasteiger partial charge in [-0.3, -0.25) is 4.79 Å². The summed E-state index contributed by atoms with van der Waals surface area (Å²) < 4.78 is 31.6. The number of benzene rings is 1. The maximum Gasteiger partial charge on any atom is 0.306 e. The van der Waals surface area contributed by atoms with E-state index < -0.39 is 22.0 Å². The number of carboxylic acid groups (broad SMARTS) is 1. The van der Waals surface area contributed by atoms with Crippen LogP contribution in [-0.4, -0.2) is 43.9 Å². The molecule has 0 amide bonds. The molecule has 3 N–H and O–H groups in total. The Morgan fingerprint density at radius 2 is 1.95 bits per heavy atom. The van der Waals surface area contributed by atoms with E-state index in [9.17, 15) is 13.2 Å². The fourth-order valence-corrected chi connectivity index (χ4v) is 2.82. The fourth-order valence-electron chi connectivity index (χ4n) is 1.51. The molecule has 0 spiro atoms. The van der Waals surface area contributed by atoms with Gasteiger partial charge in [0.15, 0.2) is 0 Å². The topological polar surface area (TPSA) is 113 Å². The highest BCUT2D eigenvalue weighted by atomic mass is 32.2. The number of hydrogen-bond acceptors (Lipinski definition) is 5. The van der Waals surface area contributed by atoms with Crippen molar-refractivity contribution in [1.29, 1.82) is 0 Å². The van der Waals surface area contributed by atoms with E-state index in [0.29, 0.717) is 12.2 Å². The number of rotatable bonds is 9. The van der Waals surface area contributed by atoms with E-state index >= 15 is 0 Å². The number of ether oxygens (including phenoxy) is 1. The molecule has 0 heterocycles. The molecule has 1 rings (SSSR count). The minimum Gasteiger partial charge on any atom is -0.493 e. The van der Waals surface area contributed by atoms with Crippen molar-refractivity contribution in [3.05, 3.63) is 24.3 Å². The van der Waals surface area contributed by atoms with Crippen molar-refractivity contribution in [2.45, 2.75) is 30.7 Å². The number of carboxylic acids is 1. The number of hydrogen-bond donors (Lipinski definition) is 3. The second-order valence-corrected chi connectivity index (χ2v) is 6.09. The van der Waals surface area contributed by atoms with Crippen LogP contribution in [0, 0.1) is 0 Å². The number of carbonyl (C=O) groups is 1. The molecule has 1 aromatic rings. The van der Waals surface area contributed by atoms with Gasteiger partial charge < -0.3 is 14.9 Å². The zero-order valence-corrected chi connectivity index (χ0v) is 12.5. The van der Waals surface area contributed by atoms with Crippen LogP contribution in [0.5, 0.6) is 5.75 Å². The Balaban J connectivity index is 2.70. The lowest BCUT2D eigenvalue weighted by atomic mass is 10.3. The zero-order chi connectivity index (χ0) is 15.9. The summed E-state index contributed by atoms with van der Waals surface area (Å²) in [5.74, 6) is -0.572. The highest BCUT2D eigenvalue weighted by Crippen LogP contribution is 2.16. The molecule has 0 aliphatic carbocycles. The van der Waals surface area contributed by atoms with Gasteiger partial charge in [-0.05, 0) is 30.7 Å². The molecule has 21 heavy (non-hydrogen) atoms. The molecule has 0 unspecified atom stereocenters. The van der Waals surface area contributed by atoms with Gasteiger partial charge in [0.25, 0.3) is 0 Å². The zero-order valence-electron chi connectivity index (χ0n) is 11.7. The van der Waals surface area contributed by atoms with Gasteiger partial charge in [0.2, 0.25) is 10.0 Å². The Hall–Kier alpha value is -1.64. The van der Waals surface area contributed by atoms with Crippen molar-refractivity contribution in [1.82, 2.24) is 4.72 Å². The monoisotopic (exact) mass is 317 g/mol. The first-order valence-electron chi connectivity index (χ1n) is 6.47. The third kappa shape index (κ3) is 5.70. The Morgan fingerprint density at radius 3 is 2.43 bits per heavy atom. The molecular weight excluding hydrogens is 298 g/mol. The lowest BCUT2D eigenvalue weighted by Gasteiger charge is -2.14. The van der Waals surface area contributed by atoms with E-state index in [-0.39, 0.29) is 24.5 Å². The molecule has 0 fully saturated rings. The lowest BCUT2D eigenvalue weighted by molar-refractivity contribution is -0.137. The van der Waals surface area contributed by atoms with Gasteiger partial charge >= 0.3 is 5.97 Å². The molecule has 8 heteroatoms. The molecule has 0 aliphatic heterocycles. The number of nitrogens with one attached hydrogen (secondary N) is 1.